The topological polar surface area (TPSA) is 78.9 Å². The number of allylic oxidation sites excluding steroid dienone is 18. The van der Waals surface area contributed by atoms with Crippen LogP contribution in [0.1, 0.15) is 239 Å². The minimum absolute atomic E-state index is 0.0832. The zero-order chi connectivity index (χ0) is 48.6. The van der Waals surface area contributed by atoms with Crippen molar-refractivity contribution in [2.45, 2.75) is 245 Å². The molecule has 1 unspecified atom stereocenters. The molecule has 0 aliphatic rings. The highest BCUT2D eigenvalue weighted by Gasteiger charge is 2.19. The van der Waals surface area contributed by atoms with Gasteiger partial charge < -0.3 is 14.2 Å². The van der Waals surface area contributed by atoms with Crippen LogP contribution in [0.5, 0.6) is 0 Å². The summed E-state index contributed by atoms with van der Waals surface area (Å²) < 4.78 is 16.6. The first kappa shape index (κ1) is 63.1. The Hall–Kier alpha value is -3.93. The molecular weight excluding hydrogens is 829 g/mol. The highest BCUT2D eigenvalue weighted by molar-refractivity contribution is 5.71. The number of ether oxygens (including phenoxy) is 3. The number of esters is 3. The fourth-order valence-corrected chi connectivity index (χ4v) is 7.20. The Morgan fingerprint density at radius 2 is 0.582 bits per heavy atom. The van der Waals surface area contributed by atoms with Crippen molar-refractivity contribution in [3.05, 3.63) is 109 Å². The summed E-state index contributed by atoms with van der Waals surface area (Å²) >= 11 is 0. The zero-order valence-corrected chi connectivity index (χ0v) is 43.4. The highest BCUT2D eigenvalue weighted by atomic mass is 16.6. The van der Waals surface area contributed by atoms with Crippen molar-refractivity contribution >= 4 is 17.9 Å². The summed E-state index contributed by atoms with van der Waals surface area (Å²) in [5, 5.41) is 0. The molecule has 0 bridgehead atoms. The Morgan fingerprint density at radius 1 is 0.313 bits per heavy atom. The van der Waals surface area contributed by atoms with Crippen LogP contribution in [0.4, 0.5) is 0 Å². The zero-order valence-electron chi connectivity index (χ0n) is 43.4. The molecule has 0 radical (unpaired) electrons. The molecule has 0 saturated carbocycles. The molecule has 67 heavy (non-hydrogen) atoms. The van der Waals surface area contributed by atoms with Crippen molar-refractivity contribution < 1.29 is 28.6 Å². The van der Waals surface area contributed by atoms with Gasteiger partial charge in [-0.05, 0) is 89.9 Å². The Balaban J connectivity index is 4.11. The van der Waals surface area contributed by atoms with Gasteiger partial charge in [-0.25, -0.2) is 0 Å². The summed E-state index contributed by atoms with van der Waals surface area (Å²) in [5.41, 5.74) is 0. The van der Waals surface area contributed by atoms with E-state index in [-0.39, 0.29) is 31.1 Å². The molecule has 0 fully saturated rings. The van der Waals surface area contributed by atoms with Crippen LogP contribution in [0.3, 0.4) is 0 Å². The normalized spacial score (nSPS) is 12.9. The van der Waals surface area contributed by atoms with Gasteiger partial charge in [0.15, 0.2) is 6.10 Å². The van der Waals surface area contributed by atoms with Gasteiger partial charge in [-0.2, -0.15) is 0 Å². The van der Waals surface area contributed by atoms with E-state index in [1.807, 2.05) is 0 Å². The monoisotopic (exact) mass is 929 g/mol. The second-order valence-corrected chi connectivity index (χ2v) is 17.8. The maximum Gasteiger partial charge on any atom is 0.306 e. The summed E-state index contributed by atoms with van der Waals surface area (Å²) in [5.74, 6) is -0.918. The van der Waals surface area contributed by atoms with Crippen LogP contribution < -0.4 is 0 Å². The van der Waals surface area contributed by atoms with E-state index in [9.17, 15) is 14.4 Å². The number of unbranched alkanes of at least 4 members (excludes halogenated alkanes) is 19. The van der Waals surface area contributed by atoms with Crippen molar-refractivity contribution in [2.24, 2.45) is 0 Å². The molecular formula is C61H100O6. The van der Waals surface area contributed by atoms with Gasteiger partial charge in [0.05, 0.1) is 0 Å². The van der Waals surface area contributed by atoms with Crippen LogP contribution in [0.2, 0.25) is 0 Å². The Morgan fingerprint density at radius 3 is 0.910 bits per heavy atom. The molecule has 0 aromatic carbocycles. The van der Waals surface area contributed by atoms with Crippen molar-refractivity contribution in [2.75, 3.05) is 13.2 Å². The molecule has 0 aliphatic heterocycles. The molecule has 6 heteroatoms. The van der Waals surface area contributed by atoms with E-state index >= 15 is 0 Å². The highest BCUT2D eigenvalue weighted by Crippen LogP contribution is 2.14. The average molecular weight is 929 g/mol. The quantitative estimate of drug-likeness (QED) is 0.0262. The first-order chi connectivity index (χ1) is 33.0. The number of hydrogen-bond acceptors (Lipinski definition) is 6. The first-order valence-corrected chi connectivity index (χ1v) is 27.4. The second-order valence-electron chi connectivity index (χ2n) is 17.8. The summed E-state index contributed by atoms with van der Waals surface area (Å²) in [7, 11) is 0. The SMILES string of the molecule is CC/C=C\C/C=C\C/C=C\C/C=C\C/C=C\C/C=C\C/C=C\C/C=C\C/C=C\CCCCCCCC(=O)OCC(COC(=O)CCCCCCCC)OC(=O)CCCCCCCCCCCC. The van der Waals surface area contributed by atoms with Gasteiger partial charge in [0.1, 0.15) is 13.2 Å². The van der Waals surface area contributed by atoms with Gasteiger partial charge in [-0.15, -0.1) is 0 Å². The molecule has 0 saturated heterocycles. The summed E-state index contributed by atoms with van der Waals surface area (Å²) in [6.45, 7) is 6.42. The van der Waals surface area contributed by atoms with E-state index in [1.165, 1.54) is 64.2 Å². The molecule has 0 heterocycles. The lowest BCUT2D eigenvalue weighted by molar-refractivity contribution is -0.167. The van der Waals surface area contributed by atoms with Gasteiger partial charge in [-0.3, -0.25) is 14.4 Å². The van der Waals surface area contributed by atoms with Crippen LogP contribution in [0.15, 0.2) is 109 Å². The third-order valence-corrected chi connectivity index (χ3v) is 11.3. The molecule has 0 aliphatic carbocycles. The average Bonchev–Trinajstić information content (AvgIpc) is 3.33. The molecule has 1 atom stereocenters. The Bertz CT molecular complexity index is 1390. The standard InChI is InChI=1S/C61H100O6/c1-4-7-10-13-16-18-20-21-22-23-24-25-26-27-28-29-30-31-32-33-34-35-36-37-38-39-40-41-42-44-45-48-51-54-60(63)66-57-58(56-65-59(62)53-50-47-15-12-9-6-3)67-61(64)55-52-49-46-43-19-17-14-11-8-5-2/h7,10,16,18,21-22,24-25,27-28,30-31,33-34,36-37,39-40,58H,4-6,8-9,11-15,17,19-20,23,26,29,32,35,38,41-57H2,1-3H3/b10-7-,18-16-,22-21-,25-24-,28-27-,31-30-,34-33-,37-36-,40-39-. The van der Waals surface area contributed by atoms with E-state index in [4.69, 9.17) is 14.2 Å². The van der Waals surface area contributed by atoms with Gasteiger partial charge in [-0.1, -0.05) is 239 Å². The maximum absolute atomic E-state index is 12.7. The predicted molar refractivity (Wildman–Crippen MR) is 288 cm³/mol. The van der Waals surface area contributed by atoms with Crippen molar-refractivity contribution in [1.29, 1.82) is 0 Å². The molecule has 6 nitrogen and oxygen atoms in total. The summed E-state index contributed by atoms with van der Waals surface area (Å²) in [6, 6.07) is 0. The second kappa shape index (κ2) is 54.7. The van der Waals surface area contributed by atoms with Crippen molar-refractivity contribution in [3.8, 4) is 0 Å². The van der Waals surface area contributed by atoms with Gasteiger partial charge in [0.25, 0.3) is 0 Å². The molecule has 0 rings (SSSR count). The van der Waals surface area contributed by atoms with Crippen LogP contribution in [0, 0.1) is 0 Å². The van der Waals surface area contributed by atoms with Crippen LogP contribution >= 0.6 is 0 Å². The predicted octanol–water partition coefficient (Wildman–Crippen LogP) is 18.3. The number of carbonyl (C=O) groups excluding carboxylic acids is 3. The van der Waals surface area contributed by atoms with E-state index in [2.05, 4.69) is 130 Å². The molecule has 0 aromatic rings. The lowest BCUT2D eigenvalue weighted by atomic mass is 10.1. The molecule has 380 valence electrons. The number of carbonyl (C=O) groups is 3. The van der Waals surface area contributed by atoms with Crippen molar-refractivity contribution in [3.63, 3.8) is 0 Å². The molecule has 0 spiro atoms. The number of hydrogen-bond donors (Lipinski definition) is 0. The lowest BCUT2D eigenvalue weighted by Gasteiger charge is -2.18. The summed E-state index contributed by atoms with van der Waals surface area (Å²) in [6.07, 6.45) is 74.0. The van der Waals surface area contributed by atoms with E-state index < -0.39 is 6.10 Å². The Kier molecular flexibility index (Phi) is 51.5. The van der Waals surface area contributed by atoms with Gasteiger partial charge >= 0.3 is 17.9 Å². The summed E-state index contributed by atoms with van der Waals surface area (Å²) in [4.78, 5) is 37.6. The largest absolute Gasteiger partial charge is 0.462 e. The van der Waals surface area contributed by atoms with E-state index in [0.717, 1.165) is 135 Å². The fraction of sp³-hybridized carbons (Fsp3) is 0.656. The number of rotatable bonds is 48. The van der Waals surface area contributed by atoms with Crippen LogP contribution in [-0.4, -0.2) is 37.2 Å². The lowest BCUT2D eigenvalue weighted by Crippen LogP contribution is -2.30. The fourth-order valence-electron chi connectivity index (χ4n) is 7.20. The minimum atomic E-state index is -0.780. The Labute approximate surface area is 412 Å². The van der Waals surface area contributed by atoms with Crippen LogP contribution in [-0.2, 0) is 28.6 Å². The first-order valence-electron chi connectivity index (χ1n) is 27.4. The smallest absolute Gasteiger partial charge is 0.306 e. The third-order valence-electron chi connectivity index (χ3n) is 11.3. The van der Waals surface area contributed by atoms with E-state index in [1.54, 1.807) is 0 Å². The maximum atomic E-state index is 12.7. The molecule has 0 aromatic heterocycles. The molecule has 0 amide bonds. The third kappa shape index (κ3) is 52.9. The molecule has 0 N–H and O–H groups in total. The van der Waals surface area contributed by atoms with Gasteiger partial charge in [0, 0.05) is 19.3 Å². The van der Waals surface area contributed by atoms with Crippen molar-refractivity contribution in [1.82, 2.24) is 0 Å². The minimum Gasteiger partial charge on any atom is -0.462 e. The van der Waals surface area contributed by atoms with E-state index in [0.29, 0.717) is 19.3 Å². The van der Waals surface area contributed by atoms with Crippen LogP contribution in [0.25, 0.3) is 0 Å². The van der Waals surface area contributed by atoms with Gasteiger partial charge in [0.2, 0.25) is 0 Å².